The summed E-state index contributed by atoms with van der Waals surface area (Å²) in [6.45, 7) is 13.3. The highest BCUT2D eigenvalue weighted by Crippen LogP contribution is 1.97. The van der Waals surface area contributed by atoms with Gasteiger partial charge in [-0.2, -0.15) is 0 Å². The molecule has 0 saturated carbocycles. The number of carbonyl (C=O) groups is 1. The average molecular weight is 195 g/mol. The molecule has 14 heavy (non-hydrogen) atoms. The molecule has 0 bridgehead atoms. The van der Waals surface area contributed by atoms with Crippen molar-refractivity contribution in [2.45, 2.75) is 6.92 Å². The fourth-order valence-corrected chi connectivity index (χ4v) is 0.800. The minimum atomic E-state index is -0.0715. The molecule has 0 aromatic heterocycles. The minimum Gasteiger partial charge on any atom is -0.492 e. The number of likely N-dealkylation sites (N-methyl/N-ethyl adjacent to an activating group) is 1. The van der Waals surface area contributed by atoms with E-state index < -0.39 is 0 Å². The van der Waals surface area contributed by atoms with E-state index in [4.69, 9.17) is 4.74 Å². The van der Waals surface area contributed by atoms with Crippen molar-refractivity contribution in [3.05, 3.63) is 37.1 Å². The van der Waals surface area contributed by atoms with E-state index in [0.29, 0.717) is 24.5 Å². The number of amides is 1. The zero-order chi connectivity index (χ0) is 11.1. The van der Waals surface area contributed by atoms with Gasteiger partial charge in [0, 0.05) is 12.6 Å². The van der Waals surface area contributed by atoms with Gasteiger partial charge < -0.3 is 9.64 Å². The predicted octanol–water partition coefficient (Wildman–Crippen LogP) is 1.74. The van der Waals surface area contributed by atoms with Crippen molar-refractivity contribution in [2.75, 3.05) is 20.2 Å². The van der Waals surface area contributed by atoms with E-state index in [2.05, 4.69) is 19.7 Å². The molecule has 3 nitrogen and oxygen atoms in total. The molecule has 0 N–H and O–H groups in total. The Morgan fingerprint density at radius 3 is 2.50 bits per heavy atom. The Kier molecular flexibility index (Phi) is 5.37. The van der Waals surface area contributed by atoms with Crippen molar-refractivity contribution in [3.63, 3.8) is 0 Å². The van der Waals surface area contributed by atoms with Crippen LogP contribution in [0.25, 0.3) is 0 Å². The second kappa shape index (κ2) is 6.02. The molecule has 0 rings (SSSR count). The number of nitrogens with zero attached hydrogens (tertiary/aromatic N) is 1. The number of rotatable bonds is 6. The molecule has 0 spiro atoms. The van der Waals surface area contributed by atoms with E-state index in [1.165, 1.54) is 6.08 Å². The molecule has 0 aromatic carbocycles. The Hall–Kier alpha value is -1.51. The largest absolute Gasteiger partial charge is 0.492 e. The van der Waals surface area contributed by atoms with Crippen LogP contribution in [0.2, 0.25) is 0 Å². The van der Waals surface area contributed by atoms with E-state index in [-0.39, 0.29) is 5.91 Å². The van der Waals surface area contributed by atoms with Gasteiger partial charge in [0.2, 0.25) is 5.91 Å². The second-order valence-electron chi connectivity index (χ2n) is 3.03. The highest BCUT2D eigenvalue weighted by Gasteiger charge is 2.08. The molecule has 0 radical (unpaired) electrons. The van der Waals surface area contributed by atoms with Gasteiger partial charge >= 0.3 is 0 Å². The molecule has 78 valence electrons. The monoisotopic (exact) mass is 195 g/mol. The molecule has 0 aliphatic carbocycles. The van der Waals surface area contributed by atoms with Gasteiger partial charge in [0.25, 0.3) is 0 Å². The van der Waals surface area contributed by atoms with Crippen LogP contribution in [0.3, 0.4) is 0 Å². The molecule has 0 aliphatic heterocycles. The lowest BCUT2D eigenvalue weighted by Gasteiger charge is -2.17. The third kappa shape index (κ3) is 4.50. The summed E-state index contributed by atoms with van der Waals surface area (Å²) in [5.74, 6) is 0.444. The summed E-state index contributed by atoms with van der Waals surface area (Å²) < 4.78 is 5.16. The maximum atomic E-state index is 11.3. The molecule has 0 unspecified atom stereocenters. The quantitative estimate of drug-likeness (QED) is 0.367. The summed E-state index contributed by atoms with van der Waals surface area (Å²) >= 11 is 0. The standard InChI is InChI=1S/C11H17NO2/c1-6-10(4)14-8-7-12(5)11(13)9(2)3/h6H,1-2,4,7-8H2,3,5H3. The average Bonchev–Trinajstić information content (AvgIpc) is 2.15. The van der Waals surface area contributed by atoms with Gasteiger partial charge in [0.05, 0.1) is 6.54 Å². The molecule has 0 fully saturated rings. The lowest BCUT2D eigenvalue weighted by Crippen LogP contribution is -2.30. The first kappa shape index (κ1) is 12.5. The van der Waals surface area contributed by atoms with Crippen molar-refractivity contribution < 1.29 is 9.53 Å². The van der Waals surface area contributed by atoms with Crippen molar-refractivity contribution in [1.29, 1.82) is 0 Å². The van der Waals surface area contributed by atoms with E-state index >= 15 is 0 Å². The van der Waals surface area contributed by atoms with Crippen LogP contribution in [0.1, 0.15) is 6.92 Å². The SMILES string of the molecule is C=CC(=C)OCCN(C)C(=O)C(=C)C. The predicted molar refractivity (Wildman–Crippen MR) is 57.7 cm³/mol. The fourth-order valence-electron chi connectivity index (χ4n) is 0.800. The van der Waals surface area contributed by atoms with Crippen LogP contribution in [-0.2, 0) is 9.53 Å². The summed E-state index contributed by atoms with van der Waals surface area (Å²) in [5, 5.41) is 0. The normalized spacial score (nSPS) is 9.00. The van der Waals surface area contributed by atoms with Gasteiger partial charge in [-0.05, 0) is 13.0 Å². The van der Waals surface area contributed by atoms with Gasteiger partial charge in [-0.25, -0.2) is 0 Å². The van der Waals surface area contributed by atoms with E-state index in [1.807, 2.05) is 0 Å². The first-order chi connectivity index (χ1) is 6.49. The van der Waals surface area contributed by atoms with Crippen molar-refractivity contribution in [2.24, 2.45) is 0 Å². The highest BCUT2D eigenvalue weighted by molar-refractivity contribution is 5.91. The molecule has 0 aliphatic rings. The van der Waals surface area contributed by atoms with Gasteiger partial charge in [-0.1, -0.05) is 19.7 Å². The number of allylic oxidation sites excluding steroid dienone is 1. The van der Waals surface area contributed by atoms with Crippen LogP contribution in [0.15, 0.2) is 37.1 Å². The Bertz CT molecular complexity index is 256. The first-order valence-electron chi connectivity index (χ1n) is 4.34. The van der Waals surface area contributed by atoms with Gasteiger partial charge in [-0.3, -0.25) is 4.79 Å². The molecule has 0 heterocycles. The van der Waals surface area contributed by atoms with Crippen molar-refractivity contribution >= 4 is 5.91 Å². The highest BCUT2D eigenvalue weighted by atomic mass is 16.5. The van der Waals surface area contributed by atoms with Crippen LogP contribution in [0.5, 0.6) is 0 Å². The molecular weight excluding hydrogens is 178 g/mol. The molecule has 0 atom stereocenters. The van der Waals surface area contributed by atoms with Crippen LogP contribution < -0.4 is 0 Å². The summed E-state index contributed by atoms with van der Waals surface area (Å²) in [5.41, 5.74) is 0.523. The van der Waals surface area contributed by atoms with E-state index in [1.54, 1.807) is 18.9 Å². The van der Waals surface area contributed by atoms with Crippen LogP contribution in [0, 0.1) is 0 Å². The zero-order valence-corrected chi connectivity index (χ0v) is 8.88. The van der Waals surface area contributed by atoms with Crippen molar-refractivity contribution in [3.8, 4) is 0 Å². The van der Waals surface area contributed by atoms with E-state index in [0.717, 1.165) is 0 Å². The smallest absolute Gasteiger partial charge is 0.248 e. The molecule has 0 saturated heterocycles. The maximum absolute atomic E-state index is 11.3. The van der Waals surface area contributed by atoms with Gasteiger partial charge in [0.1, 0.15) is 12.4 Å². The molecule has 3 heteroatoms. The Balaban J connectivity index is 3.80. The summed E-state index contributed by atoms with van der Waals surface area (Å²) in [6.07, 6.45) is 1.53. The Labute approximate surface area is 85.4 Å². The zero-order valence-electron chi connectivity index (χ0n) is 8.88. The van der Waals surface area contributed by atoms with Crippen LogP contribution in [0.4, 0.5) is 0 Å². The van der Waals surface area contributed by atoms with Crippen molar-refractivity contribution in [1.82, 2.24) is 4.90 Å². The third-order valence-electron chi connectivity index (χ3n) is 1.65. The third-order valence-corrected chi connectivity index (χ3v) is 1.65. The number of hydrogen-bond donors (Lipinski definition) is 0. The summed E-state index contributed by atoms with van der Waals surface area (Å²) in [6, 6.07) is 0. The number of hydrogen-bond acceptors (Lipinski definition) is 2. The van der Waals surface area contributed by atoms with Gasteiger partial charge in [-0.15, -0.1) is 0 Å². The van der Waals surface area contributed by atoms with Crippen LogP contribution >= 0.6 is 0 Å². The molecule has 1 amide bonds. The van der Waals surface area contributed by atoms with E-state index in [9.17, 15) is 4.79 Å². The maximum Gasteiger partial charge on any atom is 0.248 e. The second-order valence-corrected chi connectivity index (χ2v) is 3.03. The van der Waals surface area contributed by atoms with Crippen LogP contribution in [-0.4, -0.2) is 31.0 Å². The summed E-state index contributed by atoms with van der Waals surface area (Å²) in [4.78, 5) is 12.9. The number of carbonyl (C=O) groups excluding carboxylic acids is 1. The molecule has 0 aromatic rings. The minimum absolute atomic E-state index is 0.0715. The number of ether oxygens (including phenoxy) is 1. The van der Waals surface area contributed by atoms with Gasteiger partial charge in [0.15, 0.2) is 0 Å². The molecular formula is C11H17NO2. The topological polar surface area (TPSA) is 29.5 Å². The lowest BCUT2D eigenvalue weighted by atomic mass is 10.3. The Morgan fingerprint density at radius 1 is 1.50 bits per heavy atom. The Morgan fingerprint density at radius 2 is 2.07 bits per heavy atom. The first-order valence-corrected chi connectivity index (χ1v) is 4.34. The fraction of sp³-hybridized carbons (Fsp3) is 0.364. The summed E-state index contributed by atoms with van der Waals surface area (Å²) in [7, 11) is 1.71. The lowest BCUT2D eigenvalue weighted by molar-refractivity contribution is -0.126.